The highest BCUT2D eigenvalue weighted by molar-refractivity contribution is 7.91. The van der Waals surface area contributed by atoms with Gasteiger partial charge in [0, 0.05) is 0 Å². The Morgan fingerprint density at radius 3 is 2.50 bits per heavy atom. The molecule has 0 radical (unpaired) electrons. The normalized spacial score (nSPS) is 13.9. The molecule has 0 spiro atoms. The van der Waals surface area contributed by atoms with Crippen LogP contribution in [0.2, 0.25) is 0 Å². The second-order valence-corrected chi connectivity index (χ2v) is 5.51. The van der Waals surface area contributed by atoms with Crippen LogP contribution in [0.25, 0.3) is 0 Å². The lowest BCUT2D eigenvalue weighted by molar-refractivity contribution is 0.159. The first-order valence-electron chi connectivity index (χ1n) is 4.69. The van der Waals surface area contributed by atoms with Crippen molar-refractivity contribution in [1.29, 1.82) is 0 Å². The molecule has 0 heterocycles. The summed E-state index contributed by atoms with van der Waals surface area (Å²) < 4.78 is 22.4. The van der Waals surface area contributed by atoms with E-state index in [-0.39, 0.29) is 18.1 Å². The summed E-state index contributed by atoms with van der Waals surface area (Å²) in [4.78, 5) is 9.73. The van der Waals surface area contributed by atoms with E-state index in [1.807, 2.05) is 6.92 Å². The van der Waals surface area contributed by atoms with Crippen LogP contribution in [0.1, 0.15) is 26.2 Å². The van der Waals surface area contributed by atoms with Crippen LogP contribution in [0.4, 0.5) is 0 Å². The van der Waals surface area contributed by atoms with Crippen LogP contribution in [0.15, 0.2) is 5.18 Å². The van der Waals surface area contributed by atoms with Crippen molar-refractivity contribution in [2.24, 2.45) is 5.18 Å². The zero-order valence-corrected chi connectivity index (χ0v) is 9.16. The summed E-state index contributed by atoms with van der Waals surface area (Å²) in [5.41, 5.74) is 0. The molecule has 0 aliphatic rings. The average Bonchev–Trinajstić information content (AvgIpc) is 2.14. The first-order valence-corrected chi connectivity index (χ1v) is 6.51. The fourth-order valence-electron chi connectivity index (χ4n) is 1.02. The second kappa shape index (κ2) is 6.89. The van der Waals surface area contributed by atoms with Crippen LogP contribution in [-0.4, -0.2) is 37.7 Å². The molecule has 0 saturated heterocycles. The molecule has 5 nitrogen and oxygen atoms in total. The molecule has 0 saturated carbocycles. The van der Waals surface area contributed by atoms with E-state index in [2.05, 4.69) is 5.18 Å². The number of sulfone groups is 1. The molecule has 14 heavy (non-hydrogen) atoms. The van der Waals surface area contributed by atoms with E-state index in [0.717, 1.165) is 0 Å². The lowest BCUT2D eigenvalue weighted by atomic mass is 10.2. The summed E-state index contributed by atoms with van der Waals surface area (Å²) in [6.07, 6.45) is 1.14. The summed E-state index contributed by atoms with van der Waals surface area (Å²) in [5, 5.41) is 11.7. The van der Waals surface area contributed by atoms with Crippen molar-refractivity contribution in [2.45, 2.75) is 32.3 Å². The monoisotopic (exact) mass is 223 g/mol. The molecule has 6 heteroatoms. The van der Waals surface area contributed by atoms with Gasteiger partial charge in [0.05, 0.1) is 24.2 Å². The third-order valence-corrected chi connectivity index (χ3v) is 3.67. The van der Waals surface area contributed by atoms with Gasteiger partial charge in [-0.2, -0.15) is 4.91 Å². The summed E-state index contributed by atoms with van der Waals surface area (Å²) in [7, 11) is -3.15. The van der Waals surface area contributed by atoms with Gasteiger partial charge >= 0.3 is 0 Å². The predicted molar refractivity (Wildman–Crippen MR) is 54.8 cm³/mol. The Balaban J connectivity index is 3.71. The molecule has 1 N–H and O–H groups in total. The van der Waals surface area contributed by atoms with Gasteiger partial charge in [-0.15, -0.1) is 0 Å². The van der Waals surface area contributed by atoms with Crippen LogP contribution in [0, 0.1) is 4.91 Å². The summed E-state index contributed by atoms with van der Waals surface area (Å²) >= 11 is 0. The SMILES string of the molecule is CCC(O)CCCS(=O)(=O)CCN=O. The van der Waals surface area contributed by atoms with E-state index < -0.39 is 15.9 Å². The number of rotatable bonds is 8. The third-order valence-electron chi connectivity index (χ3n) is 1.96. The Labute approximate surface area is 84.4 Å². The van der Waals surface area contributed by atoms with Crippen LogP contribution in [-0.2, 0) is 9.84 Å². The molecule has 1 unspecified atom stereocenters. The largest absolute Gasteiger partial charge is 0.393 e. The molecule has 84 valence electrons. The quantitative estimate of drug-likeness (QED) is 0.614. The van der Waals surface area contributed by atoms with Gasteiger partial charge in [0.2, 0.25) is 0 Å². The van der Waals surface area contributed by atoms with Crippen molar-refractivity contribution in [2.75, 3.05) is 18.1 Å². The smallest absolute Gasteiger partial charge is 0.152 e. The highest BCUT2D eigenvalue weighted by Gasteiger charge is 2.11. The van der Waals surface area contributed by atoms with Gasteiger partial charge in [-0.3, -0.25) is 0 Å². The first kappa shape index (κ1) is 13.5. The molecule has 0 aromatic carbocycles. The van der Waals surface area contributed by atoms with E-state index in [1.54, 1.807) is 0 Å². The summed E-state index contributed by atoms with van der Waals surface area (Å²) in [5.74, 6) is -0.154. The molecule has 0 aromatic rings. The molecule has 0 fully saturated rings. The highest BCUT2D eigenvalue weighted by Crippen LogP contribution is 2.04. The summed E-state index contributed by atoms with van der Waals surface area (Å²) in [6.45, 7) is 1.66. The molecule has 0 rings (SSSR count). The Bertz CT molecular complexity index is 250. The lowest BCUT2D eigenvalue weighted by Gasteiger charge is -2.06. The van der Waals surface area contributed by atoms with Crippen LogP contribution >= 0.6 is 0 Å². The minimum absolute atomic E-state index is 0.0274. The molecule has 0 bridgehead atoms. The molecule has 0 aromatic heterocycles. The first-order chi connectivity index (χ1) is 6.52. The maximum atomic E-state index is 11.2. The van der Waals surface area contributed by atoms with Crippen molar-refractivity contribution in [1.82, 2.24) is 0 Å². The van der Waals surface area contributed by atoms with Gasteiger partial charge in [-0.1, -0.05) is 12.1 Å². The second-order valence-electron chi connectivity index (χ2n) is 3.21. The van der Waals surface area contributed by atoms with Crippen molar-refractivity contribution < 1.29 is 13.5 Å². The lowest BCUT2D eigenvalue weighted by Crippen LogP contribution is -2.15. The number of hydrogen-bond donors (Lipinski definition) is 1. The molecular weight excluding hydrogens is 206 g/mol. The van der Waals surface area contributed by atoms with Gasteiger partial charge in [-0.05, 0) is 19.3 Å². The van der Waals surface area contributed by atoms with Gasteiger partial charge in [0.25, 0.3) is 0 Å². The zero-order valence-electron chi connectivity index (χ0n) is 8.35. The topological polar surface area (TPSA) is 83.8 Å². The minimum atomic E-state index is -3.15. The van der Waals surface area contributed by atoms with Gasteiger partial charge < -0.3 is 5.11 Å². The third kappa shape index (κ3) is 6.97. The van der Waals surface area contributed by atoms with E-state index in [0.29, 0.717) is 19.3 Å². The number of nitroso groups, excluding NO2 is 1. The van der Waals surface area contributed by atoms with Crippen LogP contribution < -0.4 is 0 Å². The molecule has 0 aliphatic carbocycles. The highest BCUT2D eigenvalue weighted by atomic mass is 32.2. The molecule has 0 aliphatic heterocycles. The number of aliphatic hydroxyl groups excluding tert-OH is 1. The summed E-state index contributed by atoms with van der Waals surface area (Å²) in [6, 6.07) is 0. The Morgan fingerprint density at radius 2 is 2.00 bits per heavy atom. The van der Waals surface area contributed by atoms with E-state index in [1.165, 1.54) is 0 Å². The van der Waals surface area contributed by atoms with E-state index in [9.17, 15) is 13.3 Å². The van der Waals surface area contributed by atoms with Crippen LogP contribution in [0.3, 0.4) is 0 Å². The Hall–Kier alpha value is -0.490. The maximum absolute atomic E-state index is 11.2. The van der Waals surface area contributed by atoms with Crippen molar-refractivity contribution in [3.05, 3.63) is 4.91 Å². The fraction of sp³-hybridized carbons (Fsp3) is 1.00. The number of nitrogens with zero attached hydrogens (tertiary/aromatic N) is 1. The Morgan fingerprint density at radius 1 is 1.36 bits per heavy atom. The average molecular weight is 223 g/mol. The molecule has 1 atom stereocenters. The van der Waals surface area contributed by atoms with Crippen molar-refractivity contribution >= 4 is 9.84 Å². The minimum Gasteiger partial charge on any atom is -0.393 e. The van der Waals surface area contributed by atoms with Gasteiger partial charge in [-0.25, -0.2) is 8.42 Å². The zero-order chi connectivity index (χ0) is 11.0. The Kier molecular flexibility index (Phi) is 6.65. The van der Waals surface area contributed by atoms with E-state index in [4.69, 9.17) is 5.11 Å². The fourth-order valence-corrected chi connectivity index (χ4v) is 2.18. The van der Waals surface area contributed by atoms with Crippen LogP contribution in [0.5, 0.6) is 0 Å². The predicted octanol–water partition coefficient (Wildman–Crippen LogP) is 0.719. The standard InChI is InChI=1S/C8H17NO4S/c1-2-8(10)4-3-6-14(12,13)7-5-9-11/h8,10H,2-7H2,1H3. The molecular formula is C8H17NO4S. The van der Waals surface area contributed by atoms with Crippen molar-refractivity contribution in [3.63, 3.8) is 0 Å². The van der Waals surface area contributed by atoms with Crippen molar-refractivity contribution in [3.8, 4) is 0 Å². The number of aliphatic hydroxyl groups is 1. The number of hydrogen-bond acceptors (Lipinski definition) is 5. The van der Waals surface area contributed by atoms with Gasteiger partial charge in [0.1, 0.15) is 0 Å². The van der Waals surface area contributed by atoms with Gasteiger partial charge in [0.15, 0.2) is 9.84 Å². The maximum Gasteiger partial charge on any atom is 0.152 e. The van der Waals surface area contributed by atoms with E-state index >= 15 is 0 Å². The molecule has 0 amide bonds.